The number of aryl methyl sites for hydroxylation is 3. The van der Waals surface area contributed by atoms with Crippen LogP contribution in [0.15, 0.2) is 21.9 Å². The van der Waals surface area contributed by atoms with Gasteiger partial charge in [0.1, 0.15) is 22.6 Å². The molecule has 3 rings (SSSR count). The average Bonchev–Trinajstić information content (AvgIpc) is 3.22. The summed E-state index contributed by atoms with van der Waals surface area (Å²) in [5.74, 6) is 0.518. The SMILES string of the molecule is COCCCn1cnnc1CNS(=O)(=O)c1c(C)cc(C)c2nonc12. The second-order valence-corrected chi connectivity index (χ2v) is 7.62. The molecule has 0 fully saturated rings. The van der Waals surface area contributed by atoms with E-state index in [0.29, 0.717) is 30.1 Å². The summed E-state index contributed by atoms with van der Waals surface area (Å²) >= 11 is 0. The molecular weight excluding hydrogens is 360 g/mol. The number of rotatable bonds is 8. The molecule has 0 atom stereocenters. The molecule has 0 aliphatic carbocycles. The molecule has 2 heterocycles. The van der Waals surface area contributed by atoms with Gasteiger partial charge in [-0.05, 0) is 41.7 Å². The Bertz CT molecular complexity index is 1010. The third-order valence-electron chi connectivity index (χ3n) is 4.00. The molecule has 140 valence electrons. The fourth-order valence-corrected chi connectivity index (χ4v) is 4.13. The molecule has 0 unspecified atom stereocenters. The van der Waals surface area contributed by atoms with E-state index in [1.807, 2.05) is 6.92 Å². The van der Waals surface area contributed by atoms with Crippen LogP contribution >= 0.6 is 0 Å². The summed E-state index contributed by atoms with van der Waals surface area (Å²) in [6, 6.07) is 1.74. The highest BCUT2D eigenvalue weighted by Crippen LogP contribution is 2.26. The van der Waals surface area contributed by atoms with E-state index in [4.69, 9.17) is 9.37 Å². The minimum absolute atomic E-state index is 0.00933. The van der Waals surface area contributed by atoms with Crippen LogP contribution in [0.5, 0.6) is 0 Å². The smallest absolute Gasteiger partial charge is 0.243 e. The lowest BCUT2D eigenvalue weighted by Gasteiger charge is -2.11. The Morgan fingerprint density at radius 1 is 1.23 bits per heavy atom. The van der Waals surface area contributed by atoms with E-state index in [1.54, 1.807) is 31.0 Å². The Balaban J connectivity index is 1.83. The quantitative estimate of drug-likeness (QED) is 0.573. The highest BCUT2D eigenvalue weighted by atomic mass is 32.2. The van der Waals surface area contributed by atoms with Gasteiger partial charge in [0, 0.05) is 20.3 Å². The molecule has 2 aromatic heterocycles. The number of aromatic nitrogens is 5. The van der Waals surface area contributed by atoms with Crippen molar-refractivity contribution in [3.8, 4) is 0 Å². The number of sulfonamides is 1. The second kappa shape index (κ2) is 7.48. The van der Waals surface area contributed by atoms with Crippen LogP contribution in [0, 0.1) is 13.8 Å². The molecule has 0 bridgehead atoms. The van der Waals surface area contributed by atoms with Crippen LogP contribution in [0.4, 0.5) is 0 Å². The first-order chi connectivity index (χ1) is 12.4. The molecule has 3 aromatic rings. The Hall–Kier alpha value is -2.37. The highest BCUT2D eigenvalue weighted by Gasteiger charge is 2.25. The van der Waals surface area contributed by atoms with Gasteiger partial charge in [0.25, 0.3) is 0 Å². The summed E-state index contributed by atoms with van der Waals surface area (Å²) in [5, 5.41) is 15.4. The maximum Gasteiger partial charge on any atom is 0.243 e. The number of methoxy groups -OCH3 is 1. The number of hydrogen-bond donors (Lipinski definition) is 1. The lowest BCUT2D eigenvalue weighted by molar-refractivity contribution is 0.190. The third-order valence-corrected chi connectivity index (χ3v) is 5.58. The van der Waals surface area contributed by atoms with E-state index in [0.717, 1.165) is 12.0 Å². The number of fused-ring (bicyclic) bond motifs is 1. The molecular formula is C15H20N6O4S. The van der Waals surface area contributed by atoms with E-state index < -0.39 is 10.0 Å². The van der Waals surface area contributed by atoms with Gasteiger partial charge in [-0.25, -0.2) is 17.8 Å². The summed E-state index contributed by atoms with van der Waals surface area (Å²) in [4.78, 5) is 0.0600. The van der Waals surface area contributed by atoms with Crippen molar-refractivity contribution in [2.45, 2.75) is 38.3 Å². The number of nitrogens with one attached hydrogen (secondary N) is 1. The van der Waals surface area contributed by atoms with Gasteiger partial charge in [0.05, 0.1) is 6.54 Å². The molecule has 0 amide bonds. The lowest BCUT2D eigenvalue weighted by atomic mass is 10.1. The first-order valence-corrected chi connectivity index (χ1v) is 9.50. The van der Waals surface area contributed by atoms with Crippen molar-refractivity contribution in [2.75, 3.05) is 13.7 Å². The van der Waals surface area contributed by atoms with Crippen LogP contribution in [0.1, 0.15) is 23.4 Å². The topological polar surface area (TPSA) is 125 Å². The summed E-state index contributed by atoms with van der Waals surface area (Å²) in [5.41, 5.74) is 2.02. The van der Waals surface area contributed by atoms with Crippen LogP contribution in [0.25, 0.3) is 11.0 Å². The predicted molar refractivity (Wildman–Crippen MR) is 91.8 cm³/mol. The molecule has 10 nitrogen and oxygen atoms in total. The van der Waals surface area contributed by atoms with Crippen molar-refractivity contribution in [3.05, 3.63) is 29.3 Å². The van der Waals surface area contributed by atoms with Gasteiger partial charge in [0.15, 0.2) is 5.52 Å². The molecule has 1 aromatic carbocycles. The fourth-order valence-electron chi connectivity index (χ4n) is 2.79. The monoisotopic (exact) mass is 380 g/mol. The number of ether oxygens (including phenoxy) is 1. The Kier molecular flexibility index (Phi) is 5.30. The second-order valence-electron chi connectivity index (χ2n) is 5.91. The molecule has 26 heavy (non-hydrogen) atoms. The van der Waals surface area contributed by atoms with Crippen molar-refractivity contribution < 1.29 is 17.8 Å². The third kappa shape index (κ3) is 3.59. The lowest BCUT2D eigenvalue weighted by Crippen LogP contribution is -2.26. The van der Waals surface area contributed by atoms with Gasteiger partial charge < -0.3 is 9.30 Å². The molecule has 0 radical (unpaired) electrons. The van der Waals surface area contributed by atoms with E-state index in [9.17, 15) is 8.42 Å². The van der Waals surface area contributed by atoms with Crippen LogP contribution in [0.3, 0.4) is 0 Å². The number of nitrogens with zero attached hydrogens (tertiary/aromatic N) is 5. The average molecular weight is 380 g/mol. The largest absolute Gasteiger partial charge is 0.385 e. The Labute approximate surface area is 150 Å². The van der Waals surface area contributed by atoms with E-state index in [1.165, 1.54) is 0 Å². The standard InChI is InChI=1S/C15H20N6O4S/c1-10-7-11(2)15(14-13(10)19-25-20-14)26(22,23)17-8-12-18-16-9-21(12)5-4-6-24-3/h7,9,17H,4-6,8H2,1-3H3. The zero-order valence-electron chi connectivity index (χ0n) is 14.8. The molecule has 1 N–H and O–H groups in total. The van der Waals surface area contributed by atoms with Crippen LogP contribution in [-0.4, -0.2) is 47.2 Å². The fraction of sp³-hybridized carbons (Fsp3) is 0.467. The number of benzene rings is 1. The highest BCUT2D eigenvalue weighted by molar-refractivity contribution is 7.89. The first kappa shape index (κ1) is 18.4. The van der Waals surface area contributed by atoms with E-state index in [2.05, 4.69) is 25.2 Å². The molecule has 11 heteroatoms. The van der Waals surface area contributed by atoms with E-state index >= 15 is 0 Å². The molecule has 0 aliphatic rings. The Morgan fingerprint density at radius 2 is 2.00 bits per heavy atom. The summed E-state index contributed by atoms with van der Waals surface area (Å²) in [6.07, 6.45) is 2.34. The zero-order chi connectivity index (χ0) is 18.7. The van der Waals surface area contributed by atoms with Crippen molar-refractivity contribution in [3.63, 3.8) is 0 Å². The normalized spacial score (nSPS) is 12.1. The van der Waals surface area contributed by atoms with Gasteiger partial charge in [-0.3, -0.25) is 0 Å². The van der Waals surface area contributed by atoms with Crippen molar-refractivity contribution in [2.24, 2.45) is 0 Å². The summed E-state index contributed by atoms with van der Waals surface area (Å²) in [6.45, 7) is 4.78. The van der Waals surface area contributed by atoms with Crippen molar-refractivity contribution in [1.82, 2.24) is 29.8 Å². The molecule has 0 aliphatic heterocycles. The van der Waals surface area contributed by atoms with Crippen LogP contribution in [0.2, 0.25) is 0 Å². The summed E-state index contributed by atoms with van der Waals surface area (Å²) < 4.78 is 39.8. The van der Waals surface area contributed by atoms with Crippen LogP contribution < -0.4 is 4.72 Å². The van der Waals surface area contributed by atoms with Gasteiger partial charge in [-0.1, -0.05) is 6.07 Å². The first-order valence-electron chi connectivity index (χ1n) is 8.02. The van der Waals surface area contributed by atoms with Crippen molar-refractivity contribution in [1.29, 1.82) is 0 Å². The predicted octanol–water partition coefficient (Wildman–Crippen LogP) is 0.946. The maximum absolute atomic E-state index is 12.8. The van der Waals surface area contributed by atoms with Gasteiger partial charge in [-0.2, -0.15) is 0 Å². The van der Waals surface area contributed by atoms with Crippen molar-refractivity contribution >= 4 is 21.1 Å². The molecule has 0 spiro atoms. The van der Waals surface area contributed by atoms with Gasteiger partial charge >= 0.3 is 0 Å². The molecule has 0 saturated heterocycles. The Morgan fingerprint density at radius 3 is 2.77 bits per heavy atom. The van der Waals surface area contributed by atoms with Crippen LogP contribution in [-0.2, 0) is 27.8 Å². The summed E-state index contributed by atoms with van der Waals surface area (Å²) in [7, 11) is -2.21. The number of hydrogen-bond acceptors (Lipinski definition) is 8. The van der Waals surface area contributed by atoms with Gasteiger partial charge in [0.2, 0.25) is 10.0 Å². The minimum atomic E-state index is -3.84. The maximum atomic E-state index is 12.8. The molecule has 0 saturated carbocycles. The van der Waals surface area contributed by atoms with Gasteiger partial charge in [-0.15, -0.1) is 10.2 Å². The van der Waals surface area contributed by atoms with E-state index in [-0.39, 0.29) is 17.0 Å². The zero-order valence-corrected chi connectivity index (χ0v) is 15.6. The minimum Gasteiger partial charge on any atom is -0.385 e.